The second-order valence-electron chi connectivity index (χ2n) is 5.28. The molecule has 0 aromatic heterocycles. The van der Waals surface area contributed by atoms with Crippen LogP contribution in [0.4, 0.5) is 0 Å². The molecule has 0 rings (SSSR count). The highest BCUT2D eigenvalue weighted by Gasteiger charge is 2.10. The molecule has 0 aromatic carbocycles. The van der Waals surface area contributed by atoms with Crippen molar-refractivity contribution in [2.24, 2.45) is 0 Å². The molecule has 0 aromatic rings. The van der Waals surface area contributed by atoms with Crippen molar-refractivity contribution in [2.45, 2.75) is 71.1 Å². The number of Topliss-reactive ketones (excluding diaryl/α,β-unsaturated/α-hetero) is 2. The number of unbranched alkanes of at least 4 members (excludes halogenated alkanes) is 3. The Hall–Kier alpha value is -1.72. The van der Waals surface area contributed by atoms with Gasteiger partial charge in [0, 0.05) is 19.3 Å². The Morgan fingerprint density at radius 1 is 0.818 bits per heavy atom. The SMILES string of the molecule is CCCCCC(=O)CC(=O)OCCCCC(=O)CCC(=O)O. The Balaban J connectivity index is 3.54. The van der Waals surface area contributed by atoms with Gasteiger partial charge in [0.1, 0.15) is 18.0 Å². The van der Waals surface area contributed by atoms with Gasteiger partial charge in [-0.05, 0) is 19.3 Å². The summed E-state index contributed by atoms with van der Waals surface area (Å²) in [6.45, 7) is 2.23. The molecule has 0 radical (unpaired) electrons. The molecular weight excluding hydrogens is 288 g/mol. The molecule has 0 fully saturated rings. The molecule has 0 heterocycles. The first kappa shape index (κ1) is 20.3. The van der Waals surface area contributed by atoms with Crippen molar-refractivity contribution in [1.29, 1.82) is 0 Å². The first-order valence-electron chi connectivity index (χ1n) is 7.86. The summed E-state index contributed by atoms with van der Waals surface area (Å²) in [5.74, 6) is -1.69. The van der Waals surface area contributed by atoms with E-state index in [9.17, 15) is 19.2 Å². The Labute approximate surface area is 131 Å². The largest absolute Gasteiger partial charge is 0.481 e. The molecule has 0 atom stereocenters. The van der Waals surface area contributed by atoms with Gasteiger partial charge in [0.15, 0.2) is 0 Å². The van der Waals surface area contributed by atoms with Crippen LogP contribution in [0.25, 0.3) is 0 Å². The third kappa shape index (κ3) is 13.3. The zero-order valence-corrected chi connectivity index (χ0v) is 13.3. The molecule has 126 valence electrons. The van der Waals surface area contributed by atoms with Gasteiger partial charge in [-0.2, -0.15) is 0 Å². The van der Waals surface area contributed by atoms with Crippen LogP contribution in [0.3, 0.4) is 0 Å². The topological polar surface area (TPSA) is 97.7 Å². The van der Waals surface area contributed by atoms with Gasteiger partial charge in [-0.25, -0.2) is 0 Å². The average molecular weight is 314 g/mol. The number of ketones is 2. The first-order valence-corrected chi connectivity index (χ1v) is 7.86. The van der Waals surface area contributed by atoms with Gasteiger partial charge in [-0.1, -0.05) is 19.8 Å². The molecule has 0 spiro atoms. The molecule has 22 heavy (non-hydrogen) atoms. The standard InChI is InChI=1S/C16H26O6/c1-2-3-4-8-14(18)12-16(21)22-11-6-5-7-13(17)9-10-15(19)20/h2-12H2,1H3,(H,19,20). The monoisotopic (exact) mass is 314 g/mol. The van der Waals surface area contributed by atoms with Crippen LogP contribution in [0.15, 0.2) is 0 Å². The highest BCUT2D eigenvalue weighted by atomic mass is 16.5. The number of ether oxygens (including phenoxy) is 1. The van der Waals surface area contributed by atoms with Crippen molar-refractivity contribution >= 4 is 23.5 Å². The van der Waals surface area contributed by atoms with E-state index in [1.807, 2.05) is 6.92 Å². The molecule has 0 aliphatic rings. The van der Waals surface area contributed by atoms with Crippen LogP contribution in [0.5, 0.6) is 0 Å². The van der Waals surface area contributed by atoms with Crippen LogP contribution in [0.1, 0.15) is 71.1 Å². The lowest BCUT2D eigenvalue weighted by molar-refractivity contribution is -0.146. The maximum atomic E-state index is 11.4. The van der Waals surface area contributed by atoms with Gasteiger partial charge >= 0.3 is 11.9 Å². The summed E-state index contributed by atoms with van der Waals surface area (Å²) >= 11 is 0. The summed E-state index contributed by atoms with van der Waals surface area (Å²) in [5, 5.41) is 8.44. The minimum atomic E-state index is -0.981. The van der Waals surface area contributed by atoms with Crippen molar-refractivity contribution < 1.29 is 29.0 Å². The Bertz CT molecular complexity index is 375. The molecule has 1 N–H and O–H groups in total. The zero-order chi connectivity index (χ0) is 16.8. The van der Waals surface area contributed by atoms with Crippen LogP contribution in [-0.4, -0.2) is 35.2 Å². The maximum Gasteiger partial charge on any atom is 0.313 e. The predicted molar refractivity (Wildman–Crippen MR) is 80.5 cm³/mol. The summed E-state index contributed by atoms with van der Waals surface area (Å²) < 4.78 is 4.93. The summed E-state index contributed by atoms with van der Waals surface area (Å²) in [7, 11) is 0. The molecule has 0 aliphatic carbocycles. The molecule has 6 heteroatoms. The average Bonchev–Trinajstić information content (AvgIpc) is 2.45. The number of esters is 1. The molecule has 0 bridgehead atoms. The normalized spacial score (nSPS) is 10.2. The van der Waals surface area contributed by atoms with Gasteiger partial charge in [-0.15, -0.1) is 0 Å². The first-order chi connectivity index (χ1) is 10.5. The van der Waals surface area contributed by atoms with Gasteiger partial charge in [-0.3, -0.25) is 19.2 Å². The molecule has 0 aliphatic heterocycles. The fourth-order valence-corrected chi connectivity index (χ4v) is 1.85. The lowest BCUT2D eigenvalue weighted by Crippen LogP contribution is -2.12. The number of carboxylic acid groups (broad SMARTS) is 1. The van der Waals surface area contributed by atoms with E-state index in [2.05, 4.69) is 0 Å². The van der Waals surface area contributed by atoms with Crippen LogP contribution >= 0.6 is 0 Å². The van der Waals surface area contributed by atoms with Crippen LogP contribution in [0.2, 0.25) is 0 Å². The quantitative estimate of drug-likeness (QED) is 0.301. The van der Waals surface area contributed by atoms with Gasteiger partial charge in [0.05, 0.1) is 13.0 Å². The summed E-state index contributed by atoms with van der Waals surface area (Å²) in [4.78, 5) is 44.4. The van der Waals surface area contributed by atoms with E-state index in [1.54, 1.807) is 0 Å². The number of carbonyl (C=O) groups is 4. The molecule has 0 amide bonds. The van der Waals surface area contributed by atoms with Crippen LogP contribution in [0, 0.1) is 0 Å². The number of hydrogen-bond acceptors (Lipinski definition) is 5. The van der Waals surface area contributed by atoms with E-state index in [0.29, 0.717) is 25.7 Å². The number of carbonyl (C=O) groups excluding carboxylic acids is 3. The second-order valence-corrected chi connectivity index (χ2v) is 5.28. The Kier molecular flexibility index (Phi) is 12.0. The van der Waals surface area contributed by atoms with E-state index in [4.69, 9.17) is 9.84 Å². The highest BCUT2D eigenvalue weighted by Crippen LogP contribution is 2.05. The lowest BCUT2D eigenvalue weighted by atomic mass is 10.1. The second kappa shape index (κ2) is 13.0. The third-order valence-corrected chi connectivity index (χ3v) is 3.13. The fraction of sp³-hybridized carbons (Fsp3) is 0.750. The highest BCUT2D eigenvalue weighted by molar-refractivity contribution is 5.95. The maximum absolute atomic E-state index is 11.4. The smallest absolute Gasteiger partial charge is 0.313 e. The number of hydrogen-bond donors (Lipinski definition) is 1. The summed E-state index contributed by atoms with van der Waals surface area (Å²) in [6, 6.07) is 0. The van der Waals surface area contributed by atoms with Crippen molar-refractivity contribution in [1.82, 2.24) is 0 Å². The molecular formula is C16H26O6. The third-order valence-electron chi connectivity index (χ3n) is 3.13. The van der Waals surface area contributed by atoms with Crippen LogP contribution in [-0.2, 0) is 23.9 Å². The predicted octanol–water partition coefficient (Wildman–Crippen LogP) is 2.67. The fourth-order valence-electron chi connectivity index (χ4n) is 1.85. The van der Waals surface area contributed by atoms with E-state index < -0.39 is 11.9 Å². The van der Waals surface area contributed by atoms with Crippen molar-refractivity contribution in [3.05, 3.63) is 0 Å². The van der Waals surface area contributed by atoms with Gasteiger partial charge in [0.25, 0.3) is 0 Å². The van der Waals surface area contributed by atoms with Crippen molar-refractivity contribution in [3.8, 4) is 0 Å². The molecule has 6 nitrogen and oxygen atoms in total. The molecule has 0 saturated heterocycles. The number of carboxylic acids is 1. The summed E-state index contributed by atoms with van der Waals surface area (Å²) in [5.41, 5.74) is 0. The zero-order valence-electron chi connectivity index (χ0n) is 13.3. The van der Waals surface area contributed by atoms with E-state index in [-0.39, 0.29) is 37.4 Å². The molecule has 0 saturated carbocycles. The number of aliphatic carboxylic acids is 1. The van der Waals surface area contributed by atoms with E-state index in [0.717, 1.165) is 19.3 Å². The summed E-state index contributed by atoms with van der Waals surface area (Å²) in [6.07, 6.45) is 4.34. The molecule has 0 unspecified atom stereocenters. The minimum Gasteiger partial charge on any atom is -0.481 e. The Morgan fingerprint density at radius 2 is 1.45 bits per heavy atom. The minimum absolute atomic E-state index is 0.0430. The van der Waals surface area contributed by atoms with Gasteiger partial charge in [0.2, 0.25) is 0 Å². The van der Waals surface area contributed by atoms with E-state index in [1.165, 1.54) is 0 Å². The number of rotatable bonds is 14. The lowest BCUT2D eigenvalue weighted by Gasteiger charge is -2.04. The van der Waals surface area contributed by atoms with Crippen molar-refractivity contribution in [3.63, 3.8) is 0 Å². The van der Waals surface area contributed by atoms with Crippen LogP contribution < -0.4 is 0 Å². The van der Waals surface area contributed by atoms with Crippen molar-refractivity contribution in [2.75, 3.05) is 6.61 Å². The van der Waals surface area contributed by atoms with Gasteiger partial charge < -0.3 is 9.84 Å². The Morgan fingerprint density at radius 3 is 2.09 bits per heavy atom. The van der Waals surface area contributed by atoms with E-state index >= 15 is 0 Å².